The highest BCUT2D eigenvalue weighted by atomic mass is 16.6. The van der Waals surface area contributed by atoms with E-state index in [0.29, 0.717) is 0 Å². The molecule has 2 saturated carbocycles. The Morgan fingerprint density at radius 1 is 0.974 bits per heavy atom. The van der Waals surface area contributed by atoms with Gasteiger partial charge in [-0.25, -0.2) is 4.79 Å². The standard InChI is InChI=1S/C18H24N2O5.C12H23N/c1-11-13-8-6-5-7-12(13)9-20(10-14(21)22)16(23)15(11)19-17(24)25-18(2,3)4;1-3-7-11(8-4-1)13-12-9-5-2-6-10-12/h5-8,11,15H,9-10H2,1-4H3,(H,19,24)(H,21,22);11-13H,1-10H2/t11-,15-;/m0./s1. The number of carbonyl (C=O) groups excluding carboxylic acids is 2. The van der Waals surface area contributed by atoms with Gasteiger partial charge in [0.15, 0.2) is 0 Å². The molecule has 0 saturated heterocycles. The summed E-state index contributed by atoms with van der Waals surface area (Å²) in [6, 6.07) is 8.31. The molecule has 2 atom stereocenters. The molecule has 8 nitrogen and oxygen atoms in total. The largest absolute Gasteiger partial charge is 0.480 e. The monoisotopic (exact) mass is 529 g/mol. The van der Waals surface area contributed by atoms with Gasteiger partial charge in [0.25, 0.3) is 0 Å². The second kappa shape index (κ2) is 14.0. The quantitative estimate of drug-likeness (QED) is 0.474. The van der Waals surface area contributed by atoms with E-state index in [9.17, 15) is 14.4 Å². The summed E-state index contributed by atoms with van der Waals surface area (Å²) in [5.74, 6) is -1.84. The van der Waals surface area contributed by atoms with Crippen LogP contribution in [0.3, 0.4) is 0 Å². The Balaban J connectivity index is 0.000000256. The molecule has 0 bridgehead atoms. The molecule has 2 fully saturated rings. The van der Waals surface area contributed by atoms with Crippen molar-refractivity contribution < 1.29 is 24.2 Å². The van der Waals surface area contributed by atoms with E-state index in [1.807, 2.05) is 31.2 Å². The average molecular weight is 530 g/mol. The van der Waals surface area contributed by atoms with Crippen LogP contribution in [-0.4, -0.2) is 58.2 Å². The molecule has 38 heavy (non-hydrogen) atoms. The summed E-state index contributed by atoms with van der Waals surface area (Å²) >= 11 is 0. The number of carbonyl (C=O) groups is 3. The Labute approximate surface area is 227 Å². The van der Waals surface area contributed by atoms with Crippen LogP contribution in [0.4, 0.5) is 4.79 Å². The normalized spacial score (nSPS) is 22.9. The average Bonchev–Trinajstić information content (AvgIpc) is 2.95. The number of hydrogen-bond acceptors (Lipinski definition) is 5. The smallest absolute Gasteiger partial charge is 0.408 e. The molecule has 1 aliphatic heterocycles. The third kappa shape index (κ3) is 9.29. The second-order valence-electron chi connectivity index (χ2n) is 12.0. The van der Waals surface area contributed by atoms with Crippen molar-refractivity contribution in [3.63, 3.8) is 0 Å². The van der Waals surface area contributed by atoms with Gasteiger partial charge in [0.1, 0.15) is 18.2 Å². The second-order valence-corrected chi connectivity index (χ2v) is 12.0. The van der Waals surface area contributed by atoms with E-state index in [1.54, 1.807) is 20.8 Å². The predicted molar refractivity (Wildman–Crippen MR) is 148 cm³/mol. The van der Waals surface area contributed by atoms with E-state index in [0.717, 1.165) is 23.2 Å². The Bertz CT molecular complexity index is 916. The summed E-state index contributed by atoms with van der Waals surface area (Å²) in [5, 5.41) is 15.6. The van der Waals surface area contributed by atoms with Gasteiger partial charge in [-0.2, -0.15) is 0 Å². The third-order valence-corrected chi connectivity index (χ3v) is 7.66. The first kappa shape index (κ1) is 29.9. The van der Waals surface area contributed by atoms with Crippen LogP contribution in [0.1, 0.15) is 109 Å². The van der Waals surface area contributed by atoms with Gasteiger partial charge in [-0.05, 0) is 57.6 Å². The first-order valence-corrected chi connectivity index (χ1v) is 14.4. The van der Waals surface area contributed by atoms with Crippen LogP contribution >= 0.6 is 0 Å². The van der Waals surface area contributed by atoms with Gasteiger partial charge in [0.2, 0.25) is 5.91 Å². The molecular formula is C30H47N3O5. The molecule has 3 N–H and O–H groups in total. The maximum Gasteiger partial charge on any atom is 0.408 e. The zero-order valence-electron chi connectivity index (χ0n) is 23.6. The van der Waals surface area contributed by atoms with Crippen molar-refractivity contribution in [3.8, 4) is 0 Å². The summed E-state index contributed by atoms with van der Waals surface area (Å²) in [4.78, 5) is 37.4. The molecule has 1 heterocycles. The maximum atomic E-state index is 12.9. The lowest BCUT2D eigenvalue weighted by molar-refractivity contribution is -0.145. The van der Waals surface area contributed by atoms with E-state index >= 15 is 0 Å². The number of nitrogens with zero attached hydrogens (tertiary/aromatic N) is 1. The van der Waals surface area contributed by atoms with Crippen LogP contribution in [0.5, 0.6) is 0 Å². The fourth-order valence-corrected chi connectivity index (χ4v) is 5.79. The first-order chi connectivity index (χ1) is 18.0. The van der Waals surface area contributed by atoms with E-state index in [4.69, 9.17) is 9.84 Å². The van der Waals surface area contributed by atoms with Gasteiger partial charge in [-0.15, -0.1) is 0 Å². The van der Waals surface area contributed by atoms with Gasteiger partial charge < -0.3 is 25.4 Å². The lowest BCUT2D eigenvalue weighted by atomic mass is 9.91. The summed E-state index contributed by atoms with van der Waals surface area (Å²) in [7, 11) is 0. The molecule has 0 spiro atoms. The highest BCUT2D eigenvalue weighted by Gasteiger charge is 2.37. The number of ether oxygens (including phenoxy) is 1. The predicted octanol–water partition coefficient (Wildman–Crippen LogP) is 5.35. The number of carboxylic acid groups (broad SMARTS) is 1. The van der Waals surface area contributed by atoms with E-state index in [2.05, 4.69) is 10.6 Å². The number of rotatable bonds is 5. The molecule has 212 valence electrons. The van der Waals surface area contributed by atoms with Crippen LogP contribution < -0.4 is 10.6 Å². The molecule has 0 radical (unpaired) electrons. The molecule has 8 heteroatoms. The molecular weight excluding hydrogens is 482 g/mol. The Morgan fingerprint density at radius 3 is 2.05 bits per heavy atom. The van der Waals surface area contributed by atoms with E-state index < -0.39 is 36.2 Å². The van der Waals surface area contributed by atoms with Crippen molar-refractivity contribution >= 4 is 18.0 Å². The third-order valence-electron chi connectivity index (χ3n) is 7.66. The number of nitrogens with one attached hydrogen (secondary N) is 2. The van der Waals surface area contributed by atoms with Gasteiger partial charge in [0, 0.05) is 24.5 Å². The van der Waals surface area contributed by atoms with Crippen molar-refractivity contribution in [2.24, 2.45) is 0 Å². The minimum atomic E-state index is -1.10. The fraction of sp³-hybridized carbons (Fsp3) is 0.700. The highest BCUT2D eigenvalue weighted by Crippen LogP contribution is 2.29. The summed E-state index contributed by atoms with van der Waals surface area (Å²) in [6.07, 6.45) is 13.9. The number of benzene rings is 1. The summed E-state index contributed by atoms with van der Waals surface area (Å²) < 4.78 is 5.25. The zero-order valence-corrected chi connectivity index (χ0v) is 23.6. The Kier molecular flexibility index (Phi) is 11.0. The van der Waals surface area contributed by atoms with Crippen LogP contribution in [0.2, 0.25) is 0 Å². The Morgan fingerprint density at radius 2 is 1.53 bits per heavy atom. The molecule has 1 aromatic carbocycles. The number of carboxylic acids is 1. The number of amides is 2. The van der Waals surface area contributed by atoms with E-state index in [1.165, 1.54) is 69.1 Å². The summed E-state index contributed by atoms with van der Waals surface area (Å²) in [5.41, 5.74) is 1.09. The Hall–Kier alpha value is -2.61. The van der Waals surface area contributed by atoms with Crippen molar-refractivity contribution in [2.45, 2.75) is 128 Å². The van der Waals surface area contributed by atoms with Gasteiger partial charge in [-0.3, -0.25) is 9.59 Å². The van der Waals surface area contributed by atoms with Crippen LogP contribution in [0.15, 0.2) is 24.3 Å². The lowest BCUT2D eigenvalue weighted by Gasteiger charge is -2.30. The SMILES string of the molecule is C1CCC(NC2CCCCC2)CC1.C[C@H]1c2ccccc2CN(CC(=O)O)C(=O)[C@H]1NC(=O)OC(C)(C)C. The molecule has 4 rings (SSSR count). The zero-order chi connectivity index (χ0) is 27.7. The molecule has 0 aromatic heterocycles. The topological polar surface area (TPSA) is 108 Å². The van der Waals surface area contributed by atoms with Gasteiger partial charge >= 0.3 is 12.1 Å². The molecule has 2 amide bonds. The number of hydrogen-bond donors (Lipinski definition) is 3. The molecule has 2 aliphatic carbocycles. The minimum Gasteiger partial charge on any atom is -0.480 e. The van der Waals surface area contributed by atoms with Gasteiger partial charge in [-0.1, -0.05) is 69.7 Å². The number of alkyl carbamates (subject to hydrolysis) is 1. The van der Waals surface area contributed by atoms with Crippen molar-refractivity contribution in [3.05, 3.63) is 35.4 Å². The van der Waals surface area contributed by atoms with Crippen LogP contribution in [0.25, 0.3) is 0 Å². The summed E-state index contributed by atoms with van der Waals surface area (Å²) in [6.45, 7) is 6.80. The van der Waals surface area contributed by atoms with E-state index in [-0.39, 0.29) is 12.5 Å². The highest BCUT2D eigenvalue weighted by molar-refractivity contribution is 5.89. The maximum absolute atomic E-state index is 12.9. The molecule has 1 aromatic rings. The number of aliphatic carboxylic acids is 1. The van der Waals surface area contributed by atoms with Crippen LogP contribution in [-0.2, 0) is 20.9 Å². The lowest BCUT2D eigenvalue weighted by Crippen LogP contribution is -2.51. The first-order valence-electron chi connectivity index (χ1n) is 14.4. The van der Waals surface area contributed by atoms with Crippen LogP contribution in [0, 0.1) is 0 Å². The van der Waals surface area contributed by atoms with Crippen molar-refractivity contribution in [1.82, 2.24) is 15.5 Å². The molecule has 3 aliphatic rings. The van der Waals surface area contributed by atoms with Crippen molar-refractivity contribution in [1.29, 1.82) is 0 Å². The van der Waals surface area contributed by atoms with Crippen molar-refractivity contribution in [2.75, 3.05) is 6.54 Å². The van der Waals surface area contributed by atoms with Gasteiger partial charge in [0.05, 0.1) is 0 Å². The fourth-order valence-electron chi connectivity index (χ4n) is 5.79. The minimum absolute atomic E-state index is 0.193. The number of fused-ring (bicyclic) bond motifs is 1. The molecule has 0 unspecified atom stereocenters.